The molecular formula is C13H16ClNO3. The second-order valence-corrected chi connectivity index (χ2v) is 5.89. The highest BCUT2D eigenvalue weighted by Crippen LogP contribution is 2.47. The molecular weight excluding hydrogens is 254 g/mol. The maximum absolute atomic E-state index is 11.0. The van der Waals surface area contributed by atoms with Gasteiger partial charge in [0.1, 0.15) is 6.10 Å². The third-order valence-corrected chi connectivity index (χ3v) is 4.38. The Kier molecular flexibility index (Phi) is 3.23. The van der Waals surface area contributed by atoms with Crippen LogP contribution in [0.25, 0.3) is 0 Å². The Bertz CT molecular complexity index is 487. The van der Waals surface area contributed by atoms with Gasteiger partial charge in [-0.25, -0.2) is 0 Å². The number of rotatable bonds is 3. The third-order valence-electron chi connectivity index (χ3n) is 3.64. The fraction of sp³-hybridized carbons (Fsp3) is 0.538. The van der Waals surface area contributed by atoms with Crippen LogP contribution in [-0.4, -0.2) is 16.4 Å². The Balaban J connectivity index is 2.23. The summed E-state index contributed by atoms with van der Waals surface area (Å²) >= 11 is 6.12. The van der Waals surface area contributed by atoms with Crippen LogP contribution < -0.4 is 4.74 Å². The van der Waals surface area contributed by atoms with E-state index in [1.165, 1.54) is 6.07 Å². The molecule has 0 saturated heterocycles. The van der Waals surface area contributed by atoms with Gasteiger partial charge in [0.2, 0.25) is 0 Å². The number of hydrogen-bond donors (Lipinski definition) is 0. The first-order chi connectivity index (χ1) is 8.32. The average molecular weight is 270 g/mol. The van der Waals surface area contributed by atoms with Crippen molar-refractivity contribution in [1.29, 1.82) is 0 Å². The van der Waals surface area contributed by atoms with E-state index >= 15 is 0 Å². The Morgan fingerprint density at radius 1 is 1.50 bits per heavy atom. The number of aryl methyl sites for hydroxylation is 1. The summed E-state index contributed by atoms with van der Waals surface area (Å²) < 4.78 is 5.76. The van der Waals surface area contributed by atoms with Gasteiger partial charge >= 0.3 is 5.69 Å². The molecule has 0 N–H and O–H groups in total. The minimum Gasteiger partial charge on any atom is -0.483 e. The predicted octanol–water partition coefficient (Wildman–Crippen LogP) is 3.69. The molecule has 0 bridgehead atoms. The molecule has 0 radical (unpaired) electrons. The number of nitrogens with zero attached hydrogens (tertiary/aromatic N) is 1. The van der Waals surface area contributed by atoms with Gasteiger partial charge in [0.25, 0.3) is 0 Å². The molecule has 0 aromatic heterocycles. The SMILES string of the molecule is Cc1ccc(OC2CC(Cl)C2(C)C)c([N+](=O)[O-])c1. The predicted molar refractivity (Wildman–Crippen MR) is 70.3 cm³/mol. The number of nitro groups is 1. The van der Waals surface area contributed by atoms with E-state index in [0.29, 0.717) is 5.75 Å². The van der Waals surface area contributed by atoms with Gasteiger partial charge in [-0.1, -0.05) is 19.9 Å². The van der Waals surface area contributed by atoms with Crippen molar-refractivity contribution in [3.05, 3.63) is 33.9 Å². The summed E-state index contributed by atoms with van der Waals surface area (Å²) in [6.45, 7) is 5.84. The highest BCUT2D eigenvalue weighted by atomic mass is 35.5. The van der Waals surface area contributed by atoms with Crippen molar-refractivity contribution in [1.82, 2.24) is 0 Å². The summed E-state index contributed by atoms with van der Waals surface area (Å²) in [4.78, 5) is 10.6. The fourth-order valence-electron chi connectivity index (χ4n) is 2.06. The van der Waals surface area contributed by atoms with Crippen molar-refractivity contribution in [3.63, 3.8) is 0 Å². The normalized spacial score (nSPS) is 25.3. The summed E-state index contributed by atoms with van der Waals surface area (Å²) in [5.41, 5.74) is 0.710. The van der Waals surface area contributed by atoms with Crippen LogP contribution in [0.3, 0.4) is 0 Å². The highest BCUT2D eigenvalue weighted by Gasteiger charge is 2.49. The van der Waals surface area contributed by atoms with Crippen LogP contribution in [0.2, 0.25) is 0 Å². The molecule has 0 aliphatic heterocycles. The zero-order chi connectivity index (χ0) is 13.5. The van der Waals surface area contributed by atoms with Crippen molar-refractivity contribution < 1.29 is 9.66 Å². The average Bonchev–Trinajstić information content (AvgIpc) is 2.30. The lowest BCUT2D eigenvalue weighted by molar-refractivity contribution is -0.386. The van der Waals surface area contributed by atoms with Gasteiger partial charge in [-0.3, -0.25) is 10.1 Å². The molecule has 2 atom stereocenters. The molecule has 4 nitrogen and oxygen atoms in total. The second kappa shape index (κ2) is 4.43. The lowest BCUT2D eigenvalue weighted by Crippen LogP contribution is -2.53. The molecule has 5 heteroatoms. The molecule has 1 fully saturated rings. The van der Waals surface area contributed by atoms with E-state index in [0.717, 1.165) is 12.0 Å². The standard InChI is InChI=1S/C13H16ClNO3/c1-8-4-5-10(9(6-8)15(16)17)18-12-7-11(14)13(12,2)3/h4-6,11-12H,7H2,1-3H3. The molecule has 1 saturated carbocycles. The van der Waals surface area contributed by atoms with Gasteiger partial charge in [0.15, 0.2) is 5.75 Å². The second-order valence-electron chi connectivity index (χ2n) is 5.36. The summed E-state index contributed by atoms with van der Waals surface area (Å²) in [5, 5.41) is 11.0. The van der Waals surface area contributed by atoms with Crippen LogP contribution in [0.5, 0.6) is 5.75 Å². The Labute approximate surface area is 111 Å². The molecule has 1 aliphatic rings. The largest absolute Gasteiger partial charge is 0.483 e. The first-order valence-corrected chi connectivity index (χ1v) is 6.32. The minimum atomic E-state index is -0.411. The number of halogens is 1. The monoisotopic (exact) mass is 269 g/mol. The van der Waals surface area contributed by atoms with Gasteiger partial charge in [0, 0.05) is 23.3 Å². The number of hydrogen-bond acceptors (Lipinski definition) is 3. The van der Waals surface area contributed by atoms with Crippen LogP contribution in [-0.2, 0) is 0 Å². The molecule has 1 aromatic carbocycles. The van der Waals surface area contributed by atoms with Crippen molar-refractivity contribution in [2.45, 2.75) is 38.7 Å². The first-order valence-electron chi connectivity index (χ1n) is 5.88. The van der Waals surface area contributed by atoms with Crippen molar-refractivity contribution in [2.24, 2.45) is 5.41 Å². The highest BCUT2D eigenvalue weighted by molar-refractivity contribution is 6.21. The first kappa shape index (κ1) is 13.1. The summed E-state index contributed by atoms with van der Waals surface area (Å²) in [6.07, 6.45) is 0.654. The third kappa shape index (κ3) is 2.17. The molecule has 98 valence electrons. The molecule has 1 aromatic rings. The van der Waals surface area contributed by atoms with Crippen LogP contribution in [0.4, 0.5) is 5.69 Å². The summed E-state index contributed by atoms with van der Waals surface area (Å²) in [7, 11) is 0. The quantitative estimate of drug-likeness (QED) is 0.478. The topological polar surface area (TPSA) is 52.4 Å². The lowest BCUT2D eigenvalue weighted by atomic mass is 9.68. The summed E-state index contributed by atoms with van der Waals surface area (Å²) in [5.74, 6) is 0.326. The molecule has 0 spiro atoms. The Morgan fingerprint density at radius 2 is 2.17 bits per heavy atom. The van der Waals surface area contributed by atoms with Gasteiger partial charge in [0.05, 0.1) is 4.92 Å². The van der Waals surface area contributed by atoms with E-state index in [1.807, 2.05) is 26.8 Å². The van der Waals surface area contributed by atoms with E-state index < -0.39 is 4.92 Å². The van der Waals surface area contributed by atoms with E-state index in [9.17, 15) is 10.1 Å². The van der Waals surface area contributed by atoms with Crippen LogP contribution >= 0.6 is 11.6 Å². The molecule has 1 aliphatic carbocycles. The van der Waals surface area contributed by atoms with Crippen molar-refractivity contribution in [2.75, 3.05) is 0 Å². The zero-order valence-electron chi connectivity index (χ0n) is 10.6. The molecule has 2 unspecified atom stereocenters. The van der Waals surface area contributed by atoms with E-state index in [4.69, 9.17) is 16.3 Å². The number of alkyl halides is 1. The van der Waals surface area contributed by atoms with Crippen LogP contribution in [0.15, 0.2) is 18.2 Å². The Morgan fingerprint density at radius 3 is 2.67 bits per heavy atom. The smallest absolute Gasteiger partial charge is 0.311 e. The van der Waals surface area contributed by atoms with E-state index in [-0.39, 0.29) is 22.6 Å². The van der Waals surface area contributed by atoms with Gasteiger partial charge in [-0.05, 0) is 18.6 Å². The molecule has 0 heterocycles. The lowest BCUT2D eigenvalue weighted by Gasteiger charge is -2.48. The van der Waals surface area contributed by atoms with Crippen molar-refractivity contribution >= 4 is 17.3 Å². The van der Waals surface area contributed by atoms with Crippen LogP contribution in [0, 0.1) is 22.5 Å². The number of benzene rings is 1. The van der Waals surface area contributed by atoms with Crippen LogP contribution in [0.1, 0.15) is 25.8 Å². The Hall–Kier alpha value is -1.29. The summed E-state index contributed by atoms with van der Waals surface area (Å²) in [6, 6.07) is 5.00. The van der Waals surface area contributed by atoms with E-state index in [1.54, 1.807) is 6.07 Å². The maximum Gasteiger partial charge on any atom is 0.311 e. The fourth-order valence-corrected chi connectivity index (χ4v) is 2.36. The molecule has 0 amide bonds. The van der Waals surface area contributed by atoms with Gasteiger partial charge < -0.3 is 4.74 Å². The number of nitro benzene ring substituents is 1. The van der Waals surface area contributed by atoms with Crippen molar-refractivity contribution in [3.8, 4) is 5.75 Å². The van der Waals surface area contributed by atoms with E-state index in [2.05, 4.69) is 0 Å². The van der Waals surface area contributed by atoms with Gasteiger partial charge in [-0.15, -0.1) is 11.6 Å². The molecule has 18 heavy (non-hydrogen) atoms. The molecule has 2 rings (SSSR count). The maximum atomic E-state index is 11.0. The number of ether oxygens (including phenoxy) is 1. The minimum absolute atomic E-state index is 0.0174. The van der Waals surface area contributed by atoms with Gasteiger partial charge in [-0.2, -0.15) is 0 Å². The zero-order valence-corrected chi connectivity index (χ0v) is 11.4.